The van der Waals surface area contributed by atoms with E-state index in [1.807, 2.05) is 12.1 Å². The zero-order chi connectivity index (χ0) is 18.7. The molecule has 1 spiro atoms. The van der Waals surface area contributed by atoms with Crippen LogP contribution >= 0.6 is 0 Å². The Balaban J connectivity index is 1.53. The Morgan fingerprint density at radius 2 is 1.77 bits per heavy atom. The van der Waals surface area contributed by atoms with Crippen molar-refractivity contribution in [1.29, 1.82) is 0 Å². The Morgan fingerprint density at radius 1 is 1.15 bits per heavy atom. The first-order valence-corrected chi connectivity index (χ1v) is 9.41. The van der Waals surface area contributed by atoms with Crippen LogP contribution in [0.15, 0.2) is 24.3 Å². The Labute approximate surface area is 154 Å². The third-order valence-corrected chi connectivity index (χ3v) is 5.53. The fourth-order valence-electron chi connectivity index (χ4n) is 3.84. The van der Waals surface area contributed by atoms with Gasteiger partial charge in [-0.1, -0.05) is 44.0 Å². The van der Waals surface area contributed by atoms with Gasteiger partial charge in [-0.2, -0.15) is 0 Å². The molecule has 0 radical (unpaired) electrons. The first-order valence-electron chi connectivity index (χ1n) is 9.41. The van der Waals surface area contributed by atoms with Crippen molar-refractivity contribution in [3.05, 3.63) is 35.4 Å². The van der Waals surface area contributed by atoms with Crippen LogP contribution in [0, 0.1) is 0 Å². The number of hydrogen-bond acceptors (Lipinski definition) is 3. The molecular weight excluding hydrogens is 330 g/mol. The van der Waals surface area contributed by atoms with Gasteiger partial charge in [0, 0.05) is 26.6 Å². The molecule has 0 bridgehead atoms. The lowest BCUT2D eigenvalue weighted by Crippen LogP contribution is -2.44. The number of benzene rings is 1. The fourth-order valence-corrected chi connectivity index (χ4v) is 3.84. The summed E-state index contributed by atoms with van der Waals surface area (Å²) >= 11 is 0. The highest BCUT2D eigenvalue weighted by molar-refractivity contribution is 6.07. The van der Waals surface area contributed by atoms with Crippen LogP contribution in [-0.2, 0) is 22.6 Å². The monoisotopic (exact) mass is 357 g/mol. The molecule has 4 amide bonds. The maximum absolute atomic E-state index is 12.6. The first kappa shape index (κ1) is 18.4. The molecule has 2 fully saturated rings. The maximum atomic E-state index is 12.6. The molecule has 6 nitrogen and oxygen atoms in total. The average Bonchev–Trinajstić information content (AvgIpc) is 3.19. The van der Waals surface area contributed by atoms with Crippen LogP contribution in [0.25, 0.3) is 0 Å². The number of imide groups is 1. The fraction of sp³-hybridized carbons (Fsp3) is 0.550. The van der Waals surface area contributed by atoms with Gasteiger partial charge in [0.1, 0.15) is 5.54 Å². The smallest absolute Gasteiger partial charge is 0.325 e. The molecule has 140 valence electrons. The second kappa shape index (κ2) is 7.48. The molecule has 26 heavy (non-hydrogen) atoms. The van der Waals surface area contributed by atoms with Crippen molar-refractivity contribution in [2.45, 2.75) is 57.5 Å². The van der Waals surface area contributed by atoms with Gasteiger partial charge < -0.3 is 10.2 Å². The van der Waals surface area contributed by atoms with E-state index in [0.29, 0.717) is 19.4 Å². The third-order valence-electron chi connectivity index (χ3n) is 5.53. The molecule has 1 saturated heterocycles. The van der Waals surface area contributed by atoms with Crippen molar-refractivity contribution in [2.24, 2.45) is 0 Å². The van der Waals surface area contributed by atoms with E-state index in [2.05, 4.69) is 24.4 Å². The lowest BCUT2D eigenvalue weighted by atomic mass is 9.98. The van der Waals surface area contributed by atoms with Gasteiger partial charge in [-0.25, -0.2) is 4.79 Å². The Morgan fingerprint density at radius 3 is 2.38 bits per heavy atom. The second-order valence-corrected chi connectivity index (χ2v) is 7.35. The van der Waals surface area contributed by atoms with Crippen LogP contribution in [0.1, 0.15) is 50.2 Å². The van der Waals surface area contributed by atoms with E-state index in [9.17, 15) is 14.4 Å². The van der Waals surface area contributed by atoms with Crippen molar-refractivity contribution in [1.82, 2.24) is 15.1 Å². The maximum Gasteiger partial charge on any atom is 0.325 e. The van der Waals surface area contributed by atoms with Gasteiger partial charge in [-0.05, 0) is 30.4 Å². The molecule has 1 aromatic rings. The van der Waals surface area contributed by atoms with E-state index in [4.69, 9.17) is 0 Å². The van der Waals surface area contributed by atoms with Gasteiger partial charge in [-0.3, -0.25) is 14.5 Å². The molecule has 0 atom stereocenters. The number of rotatable bonds is 6. The molecule has 1 heterocycles. The highest BCUT2D eigenvalue weighted by atomic mass is 16.2. The molecule has 0 aromatic heterocycles. The van der Waals surface area contributed by atoms with Gasteiger partial charge in [-0.15, -0.1) is 0 Å². The summed E-state index contributed by atoms with van der Waals surface area (Å²) in [5.41, 5.74) is 1.63. The number of nitrogens with zero attached hydrogens (tertiary/aromatic N) is 2. The molecular formula is C20H27N3O3. The Kier molecular flexibility index (Phi) is 5.30. The summed E-state index contributed by atoms with van der Waals surface area (Å²) in [6, 6.07) is 7.85. The third kappa shape index (κ3) is 3.59. The normalized spacial score (nSPS) is 18.5. The molecule has 0 unspecified atom stereocenters. The number of nitrogens with one attached hydrogen (secondary N) is 1. The van der Waals surface area contributed by atoms with E-state index >= 15 is 0 Å². The molecule has 1 aliphatic heterocycles. The number of aryl methyl sites for hydroxylation is 1. The van der Waals surface area contributed by atoms with Gasteiger partial charge >= 0.3 is 6.03 Å². The largest absolute Gasteiger partial charge is 0.341 e. The summed E-state index contributed by atoms with van der Waals surface area (Å²) < 4.78 is 0. The van der Waals surface area contributed by atoms with Crippen LogP contribution < -0.4 is 5.32 Å². The van der Waals surface area contributed by atoms with Crippen molar-refractivity contribution < 1.29 is 14.4 Å². The molecule has 3 rings (SSSR count). The zero-order valence-electron chi connectivity index (χ0n) is 15.6. The molecule has 1 aliphatic carbocycles. The molecule has 2 aliphatic rings. The van der Waals surface area contributed by atoms with E-state index in [1.54, 1.807) is 11.9 Å². The van der Waals surface area contributed by atoms with E-state index in [1.165, 1.54) is 10.5 Å². The summed E-state index contributed by atoms with van der Waals surface area (Å²) in [5, 5.41) is 2.85. The molecule has 6 heteroatoms. The Bertz CT molecular complexity index is 693. The minimum Gasteiger partial charge on any atom is -0.341 e. The lowest BCUT2D eigenvalue weighted by molar-refractivity contribution is -0.133. The van der Waals surface area contributed by atoms with Crippen LogP contribution in [0.5, 0.6) is 0 Å². The van der Waals surface area contributed by atoms with Gasteiger partial charge in [0.15, 0.2) is 0 Å². The van der Waals surface area contributed by atoms with Crippen molar-refractivity contribution in [3.63, 3.8) is 0 Å². The number of hydrogen-bond donors (Lipinski definition) is 1. The summed E-state index contributed by atoms with van der Waals surface area (Å²) in [6.07, 6.45) is 4.46. The van der Waals surface area contributed by atoms with Crippen LogP contribution in [0.4, 0.5) is 4.79 Å². The number of urea groups is 1. The lowest BCUT2D eigenvalue weighted by Gasteiger charge is -2.21. The topological polar surface area (TPSA) is 69.7 Å². The molecule has 1 saturated carbocycles. The first-order chi connectivity index (χ1) is 12.4. The summed E-state index contributed by atoms with van der Waals surface area (Å²) in [6.45, 7) is 2.77. The van der Waals surface area contributed by atoms with Crippen molar-refractivity contribution >= 4 is 17.8 Å². The van der Waals surface area contributed by atoms with Crippen LogP contribution in [0.3, 0.4) is 0 Å². The Hall–Kier alpha value is -2.37. The second-order valence-electron chi connectivity index (χ2n) is 7.35. The number of carbonyl (C=O) groups is 3. The zero-order valence-corrected chi connectivity index (χ0v) is 15.6. The van der Waals surface area contributed by atoms with Crippen LogP contribution in [-0.4, -0.2) is 46.8 Å². The number of amides is 4. The van der Waals surface area contributed by atoms with E-state index in [-0.39, 0.29) is 30.8 Å². The SMILES string of the molecule is CCc1ccc(CN(C)C(=O)CCN2C(=O)NC3(CCCC3)C2=O)cc1. The van der Waals surface area contributed by atoms with Crippen molar-refractivity contribution in [2.75, 3.05) is 13.6 Å². The van der Waals surface area contributed by atoms with E-state index in [0.717, 1.165) is 24.8 Å². The molecule has 1 N–H and O–H groups in total. The summed E-state index contributed by atoms with van der Waals surface area (Å²) in [5.74, 6) is -0.233. The molecule has 1 aromatic carbocycles. The standard InChI is InChI=1S/C20H27N3O3/c1-3-15-6-8-16(9-7-15)14-22(2)17(24)10-13-23-18(25)20(21-19(23)26)11-4-5-12-20/h6-9H,3-5,10-14H2,1-2H3,(H,21,26). The minimum atomic E-state index is -0.701. The van der Waals surface area contributed by atoms with Crippen LogP contribution in [0.2, 0.25) is 0 Å². The van der Waals surface area contributed by atoms with Gasteiger partial charge in [0.05, 0.1) is 0 Å². The van der Waals surface area contributed by atoms with Gasteiger partial charge in [0.2, 0.25) is 5.91 Å². The quantitative estimate of drug-likeness (QED) is 0.795. The van der Waals surface area contributed by atoms with Crippen molar-refractivity contribution in [3.8, 4) is 0 Å². The summed E-state index contributed by atoms with van der Waals surface area (Å²) in [4.78, 5) is 40.0. The predicted molar refractivity (Wildman–Crippen MR) is 98.4 cm³/mol. The average molecular weight is 357 g/mol. The highest BCUT2D eigenvalue weighted by Crippen LogP contribution is 2.35. The van der Waals surface area contributed by atoms with E-state index < -0.39 is 5.54 Å². The highest BCUT2D eigenvalue weighted by Gasteiger charge is 2.52. The number of carbonyl (C=O) groups excluding carboxylic acids is 3. The van der Waals surface area contributed by atoms with Gasteiger partial charge in [0.25, 0.3) is 5.91 Å². The summed E-state index contributed by atoms with van der Waals surface area (Å²) in [7, 11) is 1.75. The minimum absolute atomic E-state index is 0.0717. The predicted octanol–water partition coefficient (Wildman–Crippen LogP) is 2.46.